The summed E-state index contributed by atoms with van der Waals surface area (Å²) in [5.74, 6) is 1.88. The summed E-state index contributed by atoms with van der Waals surface area (Å²) >= 11 is 1.67. The predicted molar refractivity (Wildman–Crippen MR) is 94.2 cm³/mol. The van der Waals surface area contributed by atoms with Crippen LogP contribution in [0.15, 0.2) is 11.4 Å². The standard InChI is InChI=1S/C17H24N4OS/c1-12-18-15(13-5-9-23-16(13)19-12)21-7-3-6-17(11-21)10-20(2)8-4-14(17)22/h5,9,14,22H,3-4,6-8,10-11H2,1-2H3/t14-,17-/m0/s1. The quantitative estimate of drug-likeness (QED) is 0.868. The Balaban J connectivity index is 1.70. The largest absolute Gasteiger partial charge is 0.392 e. The Kier molecular flexibility index (Phi) is 3.78. The van der Waals surface area contributed by atoms with Crippen LogP contribution in [-0.4, -0.2) is 59.3 Å². The first kappa shape index (κ1) is 15.3. The van der Waals surface area contributed by atoms with Gasteiger partial charge >= 0.3 is 0 Å². The summed E-state index contributed by atoms with van der Waals surface area (Å²) in [6.45, 7) is 5.83. The number of aryl methyl sites for hydroxylation is 1. The lowest BCUT2D eigenvalue weighted by molar-refractivity contribution is -0.0466. The average molecular weight is 332 g/mol. The second-order valence-electron chi connectivity index (χ2n) is 7.16. The molecule has 2 saturated heterocycles. The number of likely N-dealkylation sites (tertiary alicyclic amines) is 1. The maximum atomic E-state index is 10.7. The topological polar surface area (TPSA) is 52.5 Å². The van der Waals surface area contributed by atoms with E-state index in [-0.39, 0.29) is 11.5 Å². The molecule has 2 atom stereocenters. The molecule has 23 heavy (non-hydrogen) atoms. The number of aliphatic hydroxyl groups excluding tert-OH is 1. The third-order valence-corrected chi connectivity index (χ3v) is 6.21. The SMILES string of the molecule is Cc1nc(N2CCC[C@]3(CN(C)CC[C@@H]3O)C2)c2ccsc2n1. The van der Waals surface area contributed by atoms with Crippen LogP contribution in [0.5, 0.6) is 0 Å². The maximum Gasteiger partial charge on any atom is 0.141 e. The van der Waals surface area contributed by atoms with E-state index in [1.807, 2.05) is 6.92 Å². The van der Waals surface area contributed by atoms with Gasteiger partial charge in [0.1, 0.15) is 16.5 Å². The molecule has 1 spiro atoms. The van der Waals surface area contributed by atoms with Crippen molar-refractivity contribution in [3.05, 3.63) is 17.3 Å². The van der Waals surface area contributed by atoms with Gasteiger partial charge in [-0.1, -0.05) is 0 Å². The van der Waals surface area contributed by atoms with Crippen molar-refractivity contribution in [1.82, 2.24) is 14.9 Å². The van der Waals surface area contributed by atoms with Gasteiger partial charge in [-0.05, 0) is 44.7 Å². The number of hydrogen-bond donors (Lipinski definition) is 1. The van der Waals surface area contributed by atoms with Gasteiger partial charge in [-0.25, -0.2) is 9.97 Å². The first-order chi connectivity index (χ1) is 11.1. The minimum Gasteiger partial charge on any atom is -0.392 e. The van der Waals surface area contributed by atoms with Crippen molar-refractivity contribution in [2.75, 3.05) is 38.1 Å². The number of piperidine rings is 2. The number of anilines is 1. The maximum absolute atomic E-state index is 10.7. The molecule has 124 valence electrons. The van der Waals surface area contributed by atoms with Gasteiger partial charge in [0.2, 0.25) is 0 Å². The number of aliphatic hydroxyl groups is 1. The second-order valence-corrected chi connectivity index (χ2v) is 8.06. The summed E-state index contributed by atoms with van der Waals surface area (Å²) in [5, 5.41) is 13.9. The summed E-state index contributed by atoms with van der Waals surface area (Å²) in [6.07, 6.45) is 2.88. The minimum absolute atomic E-state index is 0.0214. The first-order valence-corrected chi connectivity index (χ1v) is 9.29. The molecule has 2 aromatic rings. The van der Waals surface area contributed by atoms with Crippen molar-refractivity contribution in [1.29, 1.82) is 0 Å². The summed E-state index contributed by atoms with van der Waals surface area (Å²) in [4.78, 5) is 15.1. The lowest BCUT2D eigenvalue weighted by atomic mass is 9.71. The molecule has 0 radical (unpaired) electrons. The summed E-state index contributed by atoms with van der Waals surface area (Å²) < 4.78 is 0. The molecule has 0 aliphatic carbocycles. The fraction of sp³-hybridized carbons (Fsp3) is 0.647. The van der Waals surface area contributed by atoms with Crippen molar-refractivity contribution >= 4 is 27.4 Å². The van der Waals surface area contributed by atoms with Crippen LogP contribution in [0.1, 0.15) is 25.1 Å². The molecule has 0 bridgehead atoms. The fourth-order valence-electron chi connectivity index (χ4n) is 4.30. The molecule has 6 heteroatoms. The molecule has 0 amide bonds. The van der Waals surface area contributed by atoms with Gasteiger partial charge in [0.15, 0.2) is 0 Å². The van der Waals surface area contributed by atoms with Crippen molar-refractivity contribution < 1.29 is 5.11 Å². The van der Waals surface area contributed by atoms with Crippen LogP contribution in [0.2, 0.25) is 0 Å². The Labute approximate surface area is 141 Å². The van der Waals surface area contributed by atoms with Gasteiger partial charge < -0.3 is 14.9 Å². The number of nitrogens with zero attached hydrogens (tertiary/aromatic N) is 4. The molecule has 2 aliphatic heterocycles. The summed E-state index contributed by atoms with van der Waals surface area (Å²) in [7, 11) is 2.17. The molecule has 4 heterocycles. The highest BCUT2D eigenvalue weighted by Crippen LogP contribution is 2.40. The van der Waals surface area contributed by atoms with Crippen molar-refractivity contribution in [3.8, 4) is 0 Å². The molecule has 0 aromatic carbocycles. The lowest BCUT2D eigenvalue weighted by Crippen LogP contribution is -2.58. The minimum atomic E-state index is -0.206. The van der Waals surface area contributed by atoms with Crippen LogP contribution in [-0.2, 0) is 0 Å². The first-order valence-electron chi connectivity index (χ1n) is 8.41. The van der Waals surface area contributed by atoms with E-state index in [0.29, 0.717) is 0 Å². The highest BCUT2D eigenvalue weighted by Gasteiger charge is 2.45. The molecule has 2 fully saturated rings. The smallest absolute Gasteiger partial charge is 0.141 e. The van der Waals surface area contributed by atoms with Crippen LogP contribution < -0.4 is 4.90 Å². The van der Waals surface area contributed by atoms with Crippen LogP contribution in [0.4, 0.5) is 5.82 Å². The molecule has 2 aromatic heterocycles. The van der Waals surface area contributed by atoms with Gasteiger partial charge in [-0.2, -0.15) is 0 Å². The Bertz CT molecular complexity index is 718. The number of hydrogen-bond acceptors (Lipinski definition) is 6. The van der Waals surface area contributed by atoms with E-state index in [1.165, 1.54) is 0 Å². The zero-order chi connectivity index (χ0) is 16.0. The van der Waals surface area contributed by atoms with Crippen molar-refractivity contribution in [2.24, 2.45) is 5.41 Å². The Morgan fingerprint density at radius 3 is 3.04 bits per heavy atom. The van der Waals surface area contributed by atoms with E-state index in [1.54, 1.807) is 11.3 Å². The van der Waals surface area contributed by atoms with E-state index in [9.17, 15) is 5.11 Å². The average Bonchev–Trinajstić information content (AvgIpc) is 2.99. The van der Waals surface area contributed by atoms with E-state index >= 15 is 0 Å². The van der Waals surface area contributed by atoms with Crippen LogP contribution >= 0.6 is 11.3 Å². The summed E-state index contributed by atoms with van der Waals surface area (Å²) in [6, 6.07) is 2.12. The summed E-state index contributed by atoms with van der Waals surface area (Å²) in [5.41, 5.74) is -0.0214. The molecule has 0 saturated carbocycles. The third kappa shape index (κ3) is 2.62. The number of aromatic nitrogens is 2. The van der Waals surface area contributed by atoms with Gasteiger partial charge in [-0.3, -0.25) is 0 Å². The molecule has 5 nitrogen and oxygen atoms in total. The highest BCUT2D eigenvalue weighted by molar-refractivity contribution is 7.16. The molecule has 0 unspecified atom stereocenters. The number of thiophene rings is 1. The lowest BCUT2D eigenvalue weighted by Gasteiger charge is -2.50. The second kappa shape index (κ2) is 5.69. The predicted octanol–water partition coefficient (Wildman–Crippen LogP) is 2.28. The molecular formula is C17H24N4OS. The van der Waals surface area contributed by atoms with Gasteiger partial charge in [-0.15, -0.1) is 11.3 Å². The molecular weight excluding hydrogens is 308 g/mol. The van der Waals surface area contributed by atoms with E-state index < -0.39 is 0 Å². The van der Waals surface area contributed by atoms with Crippen LogP contribution in [0, 0.1) is 12.3 Å². The molecule has 4 rings (SSSR count). The Morgan fingerprint density at radius 1 is 1.30 bits per heavy atom. The number of fused-ring (bicyclic) bond motifs is 1. The Morgan fingerprint density at radius 2 is 2.17 bits per heavy atom. The van der Waals surface area contributed by atoms with Crippen molar-refractivity contribution in [3.63, 3.8) is 0 Å². The zero-order valence-corrected chi connectivity index (χ0v) is 14.6. The molecule has 2 aliphatic rings. The van der Waals surface area contributed by atoms with E-state index in [4.69, 9.17) is 4.98 Å². The van der Waals surface area contributed by atoms with Gasteiger partial charge in [0, 0.05) is 31.6 Å². The van der Waals surface area contributed by atoms with Gasteiger partial charge in [0.05, 0.1) is 11.5 Å². The normalized spacial score (nSPS) is 29.5. The zero-order valence-electron chi connectivity index (χ0n) is 13.8. The number of rotatable bonds is 1. The fourth-order valence-corrected chi connectivity index (χ4v) is 5.10. The Hall–Kier alpha value is -1.24. The highest BCUT2D eigenvalue weighted by atomic mass is 32.1. The van der Waals surface area contributed by atoms with E-state index in [2.05, 4.69) is 33.3 Å². The van der Waals surface area contributed by atoms with Crippen LogP contribution in [0.3, 0.4) is 0 Å². The van der Waals surface area contributed by atoms with Gasteiger partial charge in [0.25, 0.3) is 0 Å². The van der Waals surface area contributed by atoms with E-state index in [0.717, 1.165) is 67.3 Å². The molecule has 1 N–H and O–H groups in total. The van der Waals surface area contributed by atoms with Crippen LogP contribution in [0.25, 0.3) is 10.2 Å². The van der Waals surface area contributed by atoms with Crippen molar-refractivity contribution in [2.45, 2.75) is 32.3 Å². The third-order valence-electron chi connectivity index (χ3n) is 5.40. The monoisotopic (exact) mass is 332 g/mol.